The van der Waals surface area contributed by atoms with Crippen LogP contribution in [0.5, 0.6) is 5.75 Å². The van der Waals surface area contributed by atoms with E-state index in [1.807, 2.05) is 0 Å². The molecule has 5 nitrogen and oxygen atoms in total. The summed E-state index contributed by atoms with van der Waals surface area (Å²) < 4.78 is 51.6. The molecule has 1 atom stereocenters. The number of hydrogen-bond acceptors (Lipinski definition) is 4. The molecule has 2 N–H and O–H groups in total. The van der Waals surface area contributed by atoms with Crippen molar-refractivity contribution in [3.63, 3.8) is 0 Å². The minimum atomic E-state index is -2.94. The molecule has 0 aliphatic carbocycles. The van der Waals surface area contributed by atoms with Crippen molar-refractivity contribution in [3.05, 3.63) is 65.2 Å². The molecule has 2 aromatic carbocycles. The summed E-state index contributed by atoms with van der Waals surface area (Å²) in [5.41, 5.74) is 0.325. The predicted molar refractivity (Wildman–Crippen MR) is 101 cm³/mol. The molecule has 4 rings (SSSR count). The summed E-state index contributed by atoms with van der Waals surface area (Å²) in [6.45, 7) is 1.31. The summed E-state index contributed by atoms with van der Waals surface area (Å²) in [4.78, 5) is 12.7. The SMILES string of the molecule is O=C(N[C@H]1CCNC1)c1c(C(F)F)oc2ccc(OCc3ccccc3F)cc12. The summed E-state index contributed by atoms with van der Waals surface area (Å²) in [6, 6.07) is 10.5. The Labute approximate surface area is 164 Å². The van der Waals surface area contributed by atoms with Crippen molar-refractivity contribution in [1.29, 1.82) is 0 Å². The number of furan rings is 1. The molecule has 1 amide bonds. The summed E-state index contributed by atoms with van der Waals surface area (Å²) >= 11 is 0. The average Bonchev–Trinajstić information content (AvgIpc) is 3.34. The number of hydrogen-bond donors (Lipinski definition) is 2. The first-order chi connectivity index (χ1) is 14.0. The van der Waals surface area contributed by atoms with Crippen LogP contribution in [-0.2, 0) is 6.61 Å². The Morgan fingerprint density at radius 1 is 1.28 bits per heavy atom. The molecule has 1 aromatic heterocycles. The molecular weight excluding hydrogens is 385 g/mol. The monoisotopic (exact) mass is 404 g/mol. The largest absolute Gasteiger partial charge is 0.489 e. The van der Waals surface area contributed by atoms with E-state index >= 15 is 0 Å². The van der Waals surface area contributed by atoms with E-state index in [1.165, 1.54) is 24.3 Å². The van der Waals surface area contributed by atoms with Crippen LogP contribution in [0.4, 0.5) is 13.2 Å². The van der Waals surface area contributed by atoms with Crippen molar-refractivity contribution in [2.75, 3.05) is 13.1 Å². The zero-order valence-corrected chi connectivity index (χ0v) is 15.4. The van der Waals surface area contributed by atoms with E-state index in [0.717, 1.165) is 13.0 Å². The van der Waals surface area contributed by atoms with Gasteiger partial charge in [-0.25, -0.2) is 13.2 Å². The van der Waals surface area contributed by atoms with Crippen molar-refractivity contribution < 1.29 is 27.1 Å². The van der Waals surface area contributed by atoms with Crippen LogP contribution in [0.1, 0.15) is 34.5 Å². The number of benzene rings is 2. The average molecular weight is 404 g/mol. The quantitative estimate of drug-likeness (QED) is 0.647. The fraction of sp³-hybridized carbons (Fsp3) is 0.286. The molecule has 152 valence electrons. The van der Waals surface area contributed by atoms with E-state index in [4.69, 9.17) is 9.15 Å². The van der Waals surface area contributed by atoms with Crippen LogP contribution in [-0.4, -0.2) is 25.0 Å². The highest BCUT2D eigenvalue weighted by Gasteiger charge is 2.29. The van der Waals surface area contributed by atoms with Crippen LogP contribution < -0.4 is 15.4 Å². The van der Waals surface area contributed by atoms with Crippen LogP contribution in [0.25, 0.3) is 11.0 Å². The molecule has 1 aliphatic rings. The number of alkyl halides is 2. The third kappa shape index (κ3) is 4.07. The van der Waals surface area contributed by atoms with Crippen LogP contribution >= 0.6 is 0 Å². The molecule has 29 heavy (non-hydrogen) atoms. The molecule has 1 fully saturated rings. The van der Waals surface area contributed by atoms with Crippen LogP contribution in [0.3, 0.4) is 0 Å². The Kier molecular flexibility index (Phi) is 5.44. The first kappa shape index (κ1) is 19.3. The van der Waals surface area contributed by atoms with E-state index in [9.17, 15) is 18.0 Å². The third-order valence-corrected chi connectivity index (χ3v) is 4.86. The second-order valence-corrected chi connectivity index (χ2v) is 6.84. The normalized spacial score (nSPS) is 16.5. The number of ether oxygens (including phenoxy) is 1. The van der Waals surface area contributed by atoms with Gasteiger partial charge in [0.05, 0.1) is 5.56 Å². The lowest BCUT2D eigenvalue weighted by Crippen LogP contribution is -2.36. The van der Waals surface area contributed by atoms with E-state index < -0.39 is 23.9 Å². The van der Waals surface area contributed by atoms with Crippen molar-refractivity contribution in [2.24, 2.45) is 0 Å². The number of fused-ring (bicyclic) bond motifs is 1. The van der Waals surface area contributed by atoms with Gasteiger partial charge in [-0.2, -0.15) is 0 Å². The first-order valence-electron chi connectivity index (χ1n) is 9.25. The van der Waals surface area contributed by atoms with Gasteiger partial charge in [0.15, 0.2) is 5.76 Å². The van der Waals surface area contributed by atoms with Gasteiger partial charge in [-0.05, 0) is 37.2 Å². The molecule has 3 aromatic rings. The Bertz CT molecular complexity index is 1030. The van der Waals surface area contributed by atoms with E-state index in [2.05, 4.69) is 10.6 Å². The predicted octanol–water partition coefficient (Wildman–Crippen LogP) is 4.18. The van der Waals surface area contributed by atoms with Gasteiger partial charge in [0.1, 0.15) is 23.8 Å². The van der Waals surface area contributed by atoms with Gasteiger partial charge >= 0.3 is 0 Å². The number of amides is 1. The Hall–Kier alpha value is -3.00. The van der Waals surface area contributed by atoms with Gasteiger partial charge in [0.2, 0.25) is 0 Å². The lowest BCUT2D eigenvalue weighted by atomic mass is 10.1. The molecule has 8 heteroatoms. The Balaban J connectivity index is 1.63. The highest BCUT2D eigenvalue weighted by atomic mass is 19.3. The summed E-state index contributed by atoms with van der Waals surface area (Å²) in [7, 11) is 0. The number of carbonyl (C=O) groups is 1. The highest BCUT2D eigenvalue weighted by Crippen LogP contribution is 2.35. The van der Waals surface area contributed by atoms with Crippen LogP contribution in [0.15, 0.2) is 46.9 Å². The summed E-state index contributed by atoms with van der Waals surface area (Å²) in [5, 5.41) is 6.11. The standard InChI is InChI=1S/C21H19F3N2O3/c22-16-4-2-1-3-12(16)11-28-14-5-6-17-15(9-14)18(19(29-17)20(23)24)21(27)26-13-7-8-25-10-13/h1-6,9,13,20,25H,7-8,10-11H2,(H,26,27)/t13-/m0/s1. The van der Waals surface area contributed by atoms with Gasteiger partial charge in [-0.1, -0.05) is 18.2 Å². The molecule has 2 heterocycles. The molecular formula is C21H19F3N2O3. The van der Waals surface area contributed by atoms with Gasteiger partial charge in [-0.3, -0.25) is 4.79 Å². The number of carbonyl (C=O) groups excluding carboxylic acids is 1. The maximum absolute atomic E-state index is 13.8. The van der Waals surface area contributed by atoms with Gasteiger partial charge in [-0.15, -0.1) is 0 Å². The number of nitrogens with one attached hydrogen (secondary N) is 2. The molecule has 0 unspecified atom stereocenters. The Morgan fingerprint density at radius 3 is 2.83 bits per heavy atom. The topological polar surface area (TPSA) is 63.5 Å². The smallest absolute Gasteiger partial charge is 0.296 e. The zero-order valence-electron chi connectivity index (χ0n) is 15.4. The molecule has 0 bridgehead atoms. The fourth-order valence-corrected chi connectivity index (χ4v) is 3.39. The fourth-order valence-electron chi connectivity index (χ4n) is 3.39. The lowest BCUT2D eigenvalue weighted by molar-refractivity contribution is 0.0911. The Morgan fingerprint density at radius 2 is 2.10 bits per heavy atom. The minimum absolute atomic E-state index is 0.0347. The molecule has 1 saturated heterocycles. The molecule has 0 spiro atoms. The maximum Gasteiger partial charge on any atom is 0.296 e. The first-order valence-corrected chi connectivity index (χ1v) is 9.25. The number of rotatable bonds is 6. The minimum Gasteiger partial charge on any atom is -0.489 e. The number of halogens is 3. The lowest BCUT2D eigenvalue weighted by Gasteiger charge is -2.11. The second-order valence-electron chi connectivity index (χ2n) is 6.84. The van der Waals surface area contributed by atoms with Crippen LogP contribution in [0, 0.1) is 5.82 Å². The van der Waals surface area contributed by atoms with E-state index in [-0.39, 0.29) is 29.2 Å². The summed E-state index contributed by atoms with van der Waals surface area (Å²) in [6.07, 6.45) is -2.21. The van der Waals surface area contributed by atoms with Crippen molar-refractivity contribution in [3.8, 4) is 5.75 Å². The van der Waals surface area contributed by atoms with Gasteiger partial charge in [0, 0.05) is 23.5 Å². The molecule has 0 radical (unpaired) electrons. The molecule has 1 aliphatic heterocycles. The van der Waals surface area contributed by atoms with E-state index in [1.54, 1.807) is 18.2 Å². The highest BCUT2D eigenvalue weighted by molar-refractivity contribution is 6.07. The van der Waals surface area contributed by atoms with Gasteiger partial charge < -0.3 is 19.8 Å². The van der Waals surface area contributed by atoms with E-state index in [0.29, 0.717) is 17.9 Å². The van der Waals surface area contributed by atoms with Gasteiger partial charge in [0.25, 0.3) is 12.3 Å². The third-order valence-electron chi connectivity index (χ3n) is 4.86. The van der Waals surface area contributed by atoms with Crippen molar-refractivity contribution in [2.45, 2.75) is 25.5 Å². The second kappa shape index (κ2) is 8.16. The summed E-state index contributed by atoms with van der Waals surface area (Å²) in [5.74, 6) is -1.37. The van der Waals surface area contributed by atoms with Crippen LogP contribution in [0.2, 0.25) is 0 Å². The van der Waals surface area contributed by atoms with Crippen molar-refractivity contribution in [1.82, 2.24) is 10.6 Å². The maximum atomic E-state index is 13.8. The zero-order chi connectivity index (χ0) is 20.4. The van der Waals surface area contributed by atoms with Crippen molar-refractivity contribution >= 4 is 16.9 Å². The molecule has 0 saturated carbocycles.